The van der Waals surface area contributed by atoms with Gasteiger partial charge in [0.05, 0.1) is 24.4 Å². The Hall–Kier alpha value is -2.51. The van der Waals surface area contributed by atoms with Crippen LogP contribution in [0.4, 0.5) is 10.5 Å². The second-order valence-corrected chi connectivity index (χ2v) is 6.80. The number of amides is 3. The van der Waals surface area contributed by atoms with Crippen molar-refractivity contribution in [1.29, 1.82) is 0 Å². The molecule has 1 atom stereocenters. The lowest BCUT2D eigenvalue weighted by atomic mass is 10.0. The van der Waals surface area contributed by atoms with Gasteiger partial charge < -0.3 is 20.7 Å². The van der Waals surface area contributed by atoms with Crippen LogP contribution in [-0.2, 0) is 4.79 Å². The van der Waals surface area contributed by atoms with E-state index in [4.69, 9.17) is 16.3 Å². The first kappa shape index (κ1) is 17.3. The first-order valence-electron chi connectivity index (χ1n) is 7.46. The summed E-state index contributed by atoms with van der Waals surface area (Å²) in [5.74, 6) is 0.153. The highest BCUT2D eigenvalue weighted by Gasteiger charge is 2.32. The van der Waals surface area contributed by atoms with E-state index in [1.807, 2.05) is 17.5 Å². The van der Waals surface area contributed by atoms with Crippen LogP contribution in [0.2, 0.25) is 5.02 Å². The van der Waals surface area contributed by atoms with Crippen LogP contribution >= 0.6 is 22.9 Å². The number of thiophene rings is 1. The van der Waals surface area contributed by atoms with Gasteiger partial charge in [-0.25, -0.2) is 4.79 Å². The Bertz CT molecular complexity index is 849. The largest absolute Gasteiger partial charge is 0.495 e. The van der Waals surface area contributed by atoms with Crippen molar-refractivity contribution < 1.29 is 14.3 Å². The highest BCUT2D eigenvalue weighted by molar-refractivity contribution is 7.10. The molecule has 3 amide bonds. The maximum absolute atomic E-state index is 12.9. The average molecular weight is 378 g/mol. The fourth-order valence-electron chi connectivity index (χ4n) is 2.63. The van der Waals surface area contributed by atoms with Gasteiger partial charge in [0, 0.05) is 15.6 Å². The van der Waals surface area contributed by atoms with E-state index >= 15 is 0 Å². The maximum atomic E-state index is 12.9. The highest BCUT2D eigenvalue weighted by Crippen LogP contribution is 2.32. The molecule has 130 valence electrons. The predicted octanol–water partition coefficient (Wildman–Crippen LogP) is 3.68. The van der Waals surface area contributed by atoms with E-state index in [0.29, 0.717) is 27.7 Å². The van der Waals surface area contributed by atoms with Crippen LogP contribution in [0, 0.1) is 0 Å². The van der Waals surface area contributed by atoms with Gasteiger partial charge in [0.15, 0.2) is 0 Å². The standard InChI is InChI=1S/C17H16ClN3O3S/c1-9-14(15(21-17(23)19-9)13-4-3-7-25-13)16(22)20-11-8-10(18)5-6-12(11)24-2/h3-8,15H,1-2H3,(H,20,22)(H2,19,21,23). The van der Waals surface area contributed by atoms with E-state index in [1.54, 1.807) is 25.1 Å². The van der Waals surface area contributed by atoms with Crippen LogP contribution in [-0.4, -0.2) is 19.0 Å². The van der Waals surface area contributed by atoms with E-state index in [9.17, 15) is 9.59 Å². The third kappa shape index (κ3) is 3.62. The Balaban J connectivity index is 1.95. The molecule has 0 spiro atoms. The number of benzene rings is 1. The van der Waals surface area contributed by atoms with Crippen molar-refractivity contribution in [3.8, 4) is 5.75 Å². The summed E-state index contributed by atoms with van der Waals surface area (Å²) in [4.78, 5) is 25.6. The molecule has 1 unspecified atom stereocenters. The molecule has 3 N–H and O–H groups in total. The summed E-state index contributed by atoms with van der Waals surface area (Å²) in [5.41, 5.74) is 1.40. The van der Waals surface area contributed by atoms with Crippen molar-refractivity contribution in [2.75, 3.05) is 12.4 Å². The maximum Gasteiger partial charge on any atom is 0.319 e. The van der Waals surface area contributed by atoms with Crippen LogP contribution in [0.1, 0.15) is 17.8 Å². The number of hydrogen-bond donors (Lipinski definition) is 3. The van der Waals surface area contributed by atoms with Crippen LogP contribution in [0.25, 0.3) is 0 Å². The van der Waals surface area contributed by atoms with Crippen molar-refractivity contribution in [1.82, 2.24) is 10.6 Å². The molecular weight excluding hydrogens is 362 g/mol. The Morgan fingerprint density at radius 1 is 1.36 bits per heavy atom. The molecular formula is C17H16ClN3O3S. The number of carbonyl (C=O) groups excluding carboxylic acids is 2. The molecule has 25 heavy (non-hydrogen) atoms. The number of methoxy groups -OCH3 is 1. The fourth-order valence-corrected chi connectivity index (χ4v) is 3.59. The van der Waals surface area contributed by atoms with Crippen molar-refractivity contribution in [2.45, 2.75) is 13.0 Å². The lowest BCUT2D eigenvalue weighted by Crippen LogP contribution is -2.45. The van der Waals surface area contributed by atoms with E-state index < -0.39 is 6.04 Å². The van der Waals surface area contributed by atoms with Gasteiger partial charge in [-0.05, 0) is 36.6 Å². The quantitative estimate of drug-likeness (QED) is 0.760. The Morgan fingerprint density at radius 3 is 2.84 bits per heavy atom. The molecule has 0 bridgehead atoms. The molecule has 2 heterocycles. The van der Waals surface area contributed by atoms with Crippen LogP contribution in [0.15, 0.2) is 47.0 Å². The highest BCUT2D eigenvalue weighted by atomic mass is 35.5. The summed E-state index contributed by atoms with van der Waals surface area (Å²) < 4.78 is 5.26. The average Bonchev–Trinajstić information content (AvgIpc) is 3.08. The number of anilines is 1. The summed E-state index contributed by atoms with van der Waals surface area (Å²) >= 11 is 7.48. The smallest absolute Gasteiger partial charge is 0.319 e. The van der Waals surface area contributed by atoms with E-state index in [2.05, 4.69) is 16.0 Å². The van der Waals surface area contributed by atoms with Gasteiger partial charge in [-0.2, -0.15) is 0 Å². The lowest BCUT2D eigenvalue weighted by Gasteiger charge is -2.27. The molecule has 0 saturated carbocycles. The van der Waals surface area contributed by atoms with Crippen molar-refractivity contribution >= 4 is 40.6 Å². The number of ether oxygens (including phenoxy) is 1. The number of halogens is 1. The number of rotatable bonds is 4. The van der Waals surface area contributed by atoms with Gasteiger partial charge in [-0.15, -0.1) is 11.3 Å². The van der Waals surface area contributed by atoms with Gasteiger partial charge in [-0.1, -0.05) is 17.7 Å². The Kier molecular flexibility index (Phi) is 4.96. The first-order valence-corrected chi connectivity index (χ1v) is 8.72. The number of hydrogen-bond acceptors (Lipinski definition) is 4. The molecule has 0 radical (unpaired) electrons. The van der Waals surface area contributed by atoms with Crippen molar-refractivity contribution in [3.05, 3.63) is 56.9 Å². The van der Waals surface area contributed by atoms with Gasteiger partial charge in [0.2, 0.25) is 0 Å². The first-order chi connectivity index (χ1) is 12.0. The van der Waals surface area contributed by atoms with E-state index in [1.165, 1.54) is 18.4 Å². The van der Waals surface area contributed by atoms with Crippen LogP contribution in [0.5, 0.6) is 5.75 Å². The Labute approximate surface area is 153 Å². The Morgan fingerprint density at radius 2 is 2.16 bits per heavy atom. The topological polar surface area (TPSA) is 79.5 Å². The molecule has 0 aliphatic carbocycles. The zero-order valence-electron chi connectivity index (χ0n) is 13.6. The SMILES string of the molecule is COc1ccc(Cl)cc1NC(=O)C1=C(C)NC(=O)NC1c1cccs1. The monoisotopic (exact) mass is 377 g/mol. The minimum Gasteiger partial charge on any atom is -0.495 e. The van der Waals surface area contributed by atoms with Gasteiger partial charge in [0.1, 0.15) is 5.75 Å². The minimum atomic E-state index is -0.515. The molecule has 8 heteroatoms. The zero-order valence-corrected chi connectivity index (χ0v) is 15.1. The third-order valence-corrected chi connectivity index (χ3v) is 4.92. The molecule has 1 aromatic heterocycles. The van der Waals surface area contributed by atoms with Gasteiger partial charge in [-0.3, -0.25) is 4.79 Å². The molecule has 1 aliphatic heterocycles. The predicted molar refractivity (Wildman–Crippen MR) is 98.1 cm³/mol. The number of urea groups is 1. The van der Waals surface area contributed by atoms with Gasteiger partial charge >= 0.3 is 6.03 Å². The van der Waals surface area contributed by atoms with Crippen molar-refractivity contribution in [2.24, 2.45) is 0 Å². The third-order valence-electron chi connectivity index (χ3n) is 3.75. The molecule has 2 aromatic rings. The second kappa shape index (κ2) is 7.16. The molecule has 1 aromatic carbocycles. The summed E-state index contributed by atoms with van der Waals surface area (Å²) in [6.07, 6.45) is 0. The van der Waals surface area contributed by atoms with Crippen molar-refractivity contribution in [3.63, 3.8) is 0 Å². The molecule has 1 aliphatic rings. The summed E-state index contributed by atoms with van der Waals surface area (Å²) in [6.45, 7) is 1.70. The lowest BCUT2D eigenvalue weighted by molar-refractivity contribution is -0.113. The van der Waals surface area contributed by atoms with E-state index in [-0.39, 0.29) is 11.9 Å². The molecule has 3 rings (SSSR count). The summed E-state index contributed by atoms with van der Waals surface area (Å²) in [6, 6.07) is 7.87. The number of carbonyl (C=O) groups is 2. The van der Waals surface area contributed by atoms with Gasteiger partial charge in [0.25, 0.3) is 5.91 Å². The fraction of sp³-hybridized carbons (Fsp3) is 0.176. The normalized spacial score (nSPS) is 16.9. The number of nitrogens with one attached hydrogen (secondary N) is 3. The summed E-state index contributed by atoms with van der Waals surface area (Å²) in [7, 11) is 1.51. The molecule has 0 fully saturated rings. The zero-order chi connectivity index (χ0) is 18.0. The van der Waals surface area contributed by atoms with E-state index in [0.717, 1.165) is 4.88 Å². The summed E-state index contributed by atoms with van der Waals surface area (Å²) in [5, 5.41) is 10.6. The molecule has 0 saturated heterocycles. The van der Waals surface area contributed by atoms with Crippen LogP contribution < -0.4 is 20.7 Å². The van der Waals surface area contributed by atoms with Crippen LogP contribution in [0.3, 0.4) is 0 Å². The molecule has 6 nitrogen and oxygen atoms in total. The minimum absolute atomic E-state index is 0.340. The second-order valence-electron chi connectivity index (χ2n) is 5.38. The number of allylic oxidation sites excluding steroid dienone is 1.